The van der Waals surface area contributed by atoms with Crippen LogP contribution in [0.2, 0.25) is 5.15 Å². The van der Waals surface area contributed by atoms with Crippen LogP contribution in [0.3, 0.4) is 0 Å². The van der Waals surface area contributed by atoms with Crippen LogP contribution >= 0.6 is 11.6 Å². The van der Waals surface area contributed by atoms with Gasteiger partial charge in [-0.3, -0.25) is 4.79 Å². The summed E-state index contributed by atoms with van der Waals surface area (Å²) in [6.45, 7) is 6.75. The maximum atomic E-state index is 13.0. The summed E-state index contributed by atoms with van der Waals surface area (Å²) in [5, 5.41) is 17.9. The van der Waals surface area contributed by atoms with E-state index in [4.69, 9.17) is 26.2 Å². The highest BCUT2D eigenvalue weighted by molar-refractivity contribution is 7.90. The molecule has 282 valence electrons. The third-order valence-corrected chi connectivity index (χ3v) is 12.1. The second-order valence-electron chi connectivity index (χ2n) is 14.6. The number of hydrogen-bond donors (Lipinski definition) is 4. The highest BCUT2D eigenvalue weighted by atomic mass is 35.5. The number of rotatable bonds is 13. The van der Waals surface area contributed by atoms with Gasteiger partial charge in [0.1, 0.15) is 11.0 Å². The molecule has 13 nitrogen and oxygen atoms in total. The Kier molecular flexibility index (Phi) is 10.3. The monoisotopic (exact) mass is 767 g/mol. The minimum atomic E-state index is -5.08. The summed E-state index contributed by atoms with van der Waals surface area (Å²) in [7, 11) is -4.26. The van der Waals surface area contributed by atoms with E-state index < -0.39 is 28.1 Å². The molecule has 0 bridgehead atoms. The lowest BCUT2D eigenvalue weighted by Gasteiger charge is -2.17. The fraction of sp³-hybridized carbons (Fsp3) is 0.559. The molecule has 0 radical (unpaired) electrons. The number of halogens is 4. The van der Waals surface area contributed by atoms with Gasteiger partial charge < -0.3 is 20.5 Å². The van der Waals surface area contributed by atoms with E-state index in [9.17, 15) is 26.4 Å². The van der Waals surface area contributed by atoms with E-state index in [0.29, 0.717) is 47.4 Å². The molecular weight excluding hydrogens is 727 g/mol. The lowest BCUT2D eigenvalue weighted by atomic mass is 9.94. The fourth-order valence-corrected chi connectivity index (χ4v) is 9.03. The van der Waals surface area contributed by atoms with Crippen LogP contribution in [0.4, 0.5) is 19.0 Å². The summed E-state index contributed by atoms with van der Waals surface area (Å²) in [4.78, 5) is 30.3. The lowest BCUT2D eigenvalue weighted by molar-refractivity contribution is -0.192. The zero-order valence-corrected chi connectivity index (χ0v) is 30.2. The molecule has 3 aliphatic carbocycles. The molecular formula is C34H41ClF3N7O6S. The van der Waals surface area contributed by atoms with E-state index in [1.54, 1.807) is 30.5 Å². The number of fused-ring (bicyclic) bond motifs is 1. The summed E-state index contributed by atoms with van der Waals surface area (Å²) < 4.78 is 67.3. The van der Waals surface area contributed by atoms with Crippen LogP contribution in [0.15, 0.2) is 47.6 Å². The topological polar surface area (TPSA) is 177 Å². The van der Waals surface area contributed by atoms with Crippen molar-refractivity contribution in [3.8, 4) is 11.7 Å². The number of hydrogen-bond acceptors (Lipinski definition) is 10. The van der Waals surface area contributed by atoms with Crippen LogP contribution in [-0.2, 0) is 14.8 Å². The average molecular weight is 768 g/mol. The number of nitrogens with one attached hydrogen (secondary N) is 3. The van der Waals surface area contributed by atoms with Gasteiger partial charge in [-0.25, -0.2) is 24.2 Å². The van der Waals surface area contributed by atoms with E-state index in [1.165, 1.54) is 42.5 Å². The zero-order valence-electron chi connectivity index (χ0n) is 28.7. The first-order chi connectivity index (χ1) is 24.4. The maximum absolute atomic E-state index is 13.0. The van der Waals surface area contributed by atoms with E-state index >= 15 is 0 Å². The normalized spacial score (nSPS) is 20.5. The fourth-order valence-electron chi connectivity index (χ4n) is 7.86. The summed E-state index contributed by atoms with van der Waals surface area (Å²) in [5.74, 6) is -0.924. The van der Waals surface area contributed by atoms with Crippen molar-refractivity contribution in [1.82, 2.24) is 29.8 Å². The van der Waals surface area contributed by atoms with Crippen molar-refractivity contribution in [3.63, 3.8) is 0 Å². The second-order valence-corrected chi connectivity index (χ2v) is 16.6. The molecule has 3 aromatic rings. The van der Waals surface area contributed by atoms with Gasteiger partial charge in [-0.2, -0.15) is 21.6 Å². The highest BCUT2D eigenvalue weighted by Gasteiger charge is 2.85. The number of carboxylic acid groups (broad SMARTS) is 1. The van der Waals surface area contributed by atoms with E-state index in [1.807, 2.05) is 0 Å². The van der Waals surface area contributed by atoms with Crippen molar-refractivity contribution >= 4 is 39.3 Å². The van der Waals surface area contributed by atoms with Gasteiger partial charge in [0, 0.05) is 24.3 Å². The van der Waals surface area contributed by atoms with Gasteiger partial charge in [0.05, 0.1) is 12.2 Å². The third-order valence-electron chi connectivity index (χ3n) is 10.6. The molecule has 18 heteroatoms. The summed E-state index contributed by atoms with van der Waals surface area (Å²) in [6.07, 6.45) is 6.39. The maximum Gasteiger partial charge on any atom is 0.490 e. The second kappa shape index (κ2) is 14.1. The van der Waals surface area contributed by atoms with Crippen LogP contribution in [0, 0.1) is 22.7 Å². The zero-order chi connectivity index (χ0) is 37.5. The number of pyridine rings is 2. The van der Waals surface area contributed by atoms with E-state index in [-0.39, 0.29) is 21.3 Å². The molecule has 0 aromatic carbocycles. The van der Waals surface area contributed by atoms with Gasteiger partial charge >= 0.3 is 12.1 Å². The number of nitrogens with zero attached hydrogens (tertiary/aromatic N) is 4. The highest BCUT2D eigenvalue weighted by Crippen LogP contribution is 2.93. The van der Waals surface area contributed by atoms with Crippen molar-refractivity contribution < 1.29 is 41.0 Å². The number of alkyl halides is 3. The molecule has 1 aliphatic heterocycles. The molecule has 0 unspecified atom stereocenters. The largest absolute Gasteiger partial charge is 0.490 e. The van der Waals surface area contributed by atoms with Gasteiger partial charge in [0.25, 0.3) is 15.9 Å². The predicted molar refractivity (Wildman–Crippen MR) is 184 cm³/mol. The number of amides is 1. The van der Waals surface area contributed by atoms with Crippen molar-refractivity contribution in [2.24, 2.45) is 22.7 Å². The molecule has 7 rings (SSSR count). The first-order valence-corrected chi connectivity index (χ1v) is 19.0. The molecule has 1 saturated heterocycles. The molecule has 4 aliphatic rings. The van der Waals surface area contributed by atoms with Crippen molar-refractivity contribution in [1.29, 1.82) is 0 Å². The Labute approximate surface area is 304 Å². The number of aliphatic carboxylic acids is 1. The number of carboxylic acids is 1. The summed E-state index contributed by atoms with van der Waals surface area (Å²) >= 11 is 6.34. The van der Waals surface area contributed by atoms with Gasteiger partial charge in [0.15, 0.2) is 10.8 Å². The summed E-state index contributed by atoms with van der Waals surface area (Å²) in [5.41, 5.74) is 1.42. The van der Waals surface area contributed by atoms with Crippen LogP contribution < -0.4 is 20.1 Å². The van der Waals surface area contributed by atoms with Gasteiger partial charge in [-0.15, -0.1) is 5.10 Å². The molecule has 52 heavy (non-hydrogen) atoms. The van der Waals surface area contributed by atoms with Crippen molar-refractivity contribution in [3.05, 3.63) is 53.3 Å². The molecule has 3 saturated carbocycles. The van der Waals surface area contributed by atoms with Crippen molar-refractivity contribution in [2.45, 2.75) is 82.0 Å². The predicted octanol–water partition coefficient (Wildman–Crippen LogP) is 5.61. The molecule has 4 fully saturated rings. The third kappa shape index (κ3) is 8.31. The minimum Gasteiger partial charge on any atom is -0.477 e. The molecule has 4 N–H and O–H groups in total. The van der Waals surface area contributed by atoms with E-state index in [2.05, 4.69) is 44.3 Å². The average Bonchev–Trinajstić information content (AvgIpc) is 4.02. The molecule has 1 atom stereocenters. The first kappa shape index (κ1) is 37.8. The Morgan fingerprint density at radius 2 is 1.77 bits per heavy atom. The Morgan fingerprint density at radius 3 is 2.37 bits per heavy atom. The number of carbonyl (C=O) groups is 2. The number of anilines is 1. The van der Waals surface area contributed by atoms with E-state index in [0.717, 1.165) is 38.1 Å². The van der Waals surface area contributed by atoms with Gasteiger partial charge in [-0.05, 0) is 119 Å². The Hall–Kier alpha value is -3.96. The van der Waals surface area contributed by atoms with Gasteiger partial charge in [0.2, 0.25) is 5.88 Å². The number of ether oxygens (including phenoxy) is 1. The van der Waals surface area contributed by atoms with Gasteiger partial charge in [-0.1, -0.05) is 17.7 Å². The number of carbonyl (C=O) groups excluding carboxylic acids is 1. The SMILES string of the molecule is CC1(C)C[C@H](CCCNc2cccc(S(=O)(=O)NC(=O)c3ccc(-n4ccc(OCCC5C6(CC6)C56CC6)n4)nc3Cl)n2)CN1.O=C(O)C(F)(F)F. The molecule has 4 heterocycles. The molecule has 1 amide bonds. The standard InChI is InChI=1S/C32H40ClN7O4S.C2HF3O2/c1-30(2)19-21(20-35-30)5-4-16-34-24-6-3-7-27(36-24)45(42,43)39-29(41)22-8-9-25(37-28(22)33)40-17-10-26(38-40)44-18-11-23-31(12-13-31)32(23)14-15-32;3-2(4,5)1(6)7/h3,6-10,17,21,23,35H,4-5,11-16,18-20H2,1-2H3,(H,34,36)(H,39,41);(H,6,7)/t21-;/m0./s1. The van der Waals surface area contributed by atoms with Crippen molar-refractivity contribution in [2.75, 3.05) is 25.0 Å². The Bertz CT molecular complexity index is 1910. The van der Waals surface area contributed by atoms with Crippen LogP contribution in [-0.4, -0.2) is 76.6 Å². The molecule has 3 aromatic heterocycles. The lowest BCUT2D eigenvalue weighted by Crippen LogP contribution is -2.31. The van der Waals surface area contributed by atoms with Crippen LogP contribution in [0.25, 0.3) is 5.82 Å². The van der Waals surface area contributed by atoms with Crippen LogP contribution in [0.5, 0.6) is 5.88 Å². The Balaban J connectivity index is 0.000000604. The number of sulfonamides is 1. The number of aromatic nitrogens is 4. The smallest absolute Gasteiger partial charge is 0.477 e. The summed E-state index contributed by atoms with van der Waals surface area (Å²) in [6, 6.07) is 9.36. The minimum absolute atomic E-state index is 0.0843. The first-order valence-electron chi connectivity index (χ1n) is 17.1. The Morgan fingerprint density at radius 1 is 1.08 bits per heavy atom. The molecule has 2 spiro atoms. The quantitative estimate of drug-likeness (QED) is 0.126. The van der Waals surface area contributed by atoms with Crippen LogP contribution in [0.1, 0.15) is 75.6 Å².